The van der Waals surface area contributed by atoms with Crippen LogP contribution in [0, 0.1) is 12.8 Å². The highest BCUT2D eigenvalue weighted by Crippen LogP contribution is 2.36. The van der Waals surface area contributed by atoms with Gasteiger partial charge < -0.3 is 5.32 Å². The molecule has 1 N–H and O–H groups in total. The molecule has 0 aliphatic heterocycles. The van der Waals surface area contributed by atoms with Crippen molar-refractivity contribution < 1.29 is 0 Å². The van der Waals surface area contributed by atoms with E-state index in [4.69, 9.17) is 11.6 Å². The van der Waals surface area contributed by atoms with Crippen molar-refractivity contribution in [3.63, 3.8) is 0 Å². The number of halogens is 1. The monoisotopic (exact) mass is 237 g/mol. The molecule has 0 spiro atoms. The molecule has 1 saturated carbocycles. The lowest BCUT2D eigenvalue weighted by atomic mass is 9.91. The van der Waals surface area contributed by atoms with Crippen LogP contribution < -0.4 is 5.32 Å². The third-order valence-corrected chi connectivity index (χ3v) is 4.15. The molecule has 1 aromatic carbocycles. The number of nitrogens with one attached hydrogen (secondary N) is 1. The predicted octanol–water partition coefficient (Wildman–Crippen LogP) is 4.10. The highest BCUT2D eigenvalue weighted by molar-refractivity contribution is 6.31. The molecule has 1 aromatic rings. The average Bonchev–Trinajstić information content (AvgIpc) is 2.78. The minimum absolute atomic E-state index is 0.499. The number of benzene rings is 1. The summed E-state index contributed by atoms with van der Waals surface area (Å²) < 4.78 is 0. The minimum Gasteiger partial charge on any atom is -0.313 e. The molecular formula is C14H20ClN. The summed E-state index contributed by atoms with van der Waals surface area (Å²) in [6, 6.07) is 6.90. The highest BCUT2D eigenvalue weighted by Gasteiger charge is 2.25. The lowest BCUT2D eigenvalue weighted by molar-refractivity contribution is 0.390. The van der Waals surface area contributed by atoms with E-state index in [1.54, 1.807) is 0 Å². The van der Waals surface area contributed by atoms with E-state index in [-0.39, 0.29) is 0 Å². The van der Waals surface area contributed by atoms with Crippen molar-refractivity contribution in [2.45, 2.75) is 38.6 Å². The Hall–Kier alpha value is -0.530. The second kappa shape index (κ2) is 5.20. The summed E-state index contributed by atoms with van der Waals surface area (Å²) in [5.41, 5.74) is 2.56. The first-order valence-corrected chi connectivity index (χ1v) is 6.53. The van der Waals surface area contributed by atoms with Gasteiger partial charge in [0.1, 0.15) is 0 Å². The molecule has 1 atom stereocenters. The number of rotatable bonds is 3. The quantitative estimate of drug-likeness (QED) is 0.835. The topological polar surface area (TPSA) is 12.0 Å². The summed E-state index contributed by atoms with van der Waals surface area (Å²) in [6.45, 7) is 2.08. The van der Waals surface area contributed by atoms with Crippen LogP contribution in [0.4, 0.5) is 0 Å². The van der Waals surface area contributed by atoms with E-state index in [1.807, 2.05) is 6.07 Å². The Morgan fingerprint density at radius 1 is 1.31 bits per heavy atom. The Morgan fingerprint density at radius 3 is 2.56 bits per heavy atom. The van der Waals surface area contributed by atoms with Gasteiger partial charge in [-0.05, 0) is 49.9 Å². The molecule has 1 aliphatic rings. The zero-order chi connectivity index (χ0) is 11.5. The smallest absolute Gasteiger partial charge is 0.0435 e. The maximum Gasteiger partial charge on any atom is 0.0435 e. The summed E-state index contributed by atoms with van der Waals surface area (Å²) in [5, 5.41) is 4.33. The van der Waals surface area contributed by atoms with Gasteiger partial charge in [0.25, 0.3) is 0 Å². The molecule has 0 radical (unpaired) electrons. The van der Waals surface area contributed by atoms with Crippen LogP contribution in [0.25, 0.3) is 0 Å². The van der Waals surface area contributed by atoms with Crippen LogP contribution in [0.5, 0.6) is 0 Å². The van der Waals surface area contributed by atoms with Crippen molar-refractivity contribution in [2.75, 3.05) is 7.05 Å². The Balaban J connectivity index is 2.22. The Bertz CT molecular complexity index is 356. The van der Waals surface area contributed by atoms with Gasteiger partial charge in [-0.1, -0.05) is 36.6 Å². The normalized spacial score (nSPS) is 18.9. The number of aryl methyl sites for hydroxylation is 1. The van der Waals surface area contributed by atoms with Crippen molar-refractivity contribution in [1.82, 2.24) is 5.32 Å². The second-order valence-electron chi connectivity index (χ2n) is 4.82. The van der Waals surface area contributed by atoms with E-state index in [2.05, 4.69) is 31.4 Å². The summed E-state index contributed by atoms with van der Waals surface area (Å²) in [4.78, 5) is 0. The molecular weight excluding hydrogens is 218 g/mol. The fraction of sp³-hybridized carbons (Fsp3) is 0.571. The Labute approximate surface area is 103 Å². The fourth-order valence-electron chi connectivity index (χ4n) is 2.83. The second-order valence-corrected chi connectivity index (χ2v) is 5.23. The summed E-state index contributed by atoms with van der Waals surface area (Å²) in [5.74, 6) is 0.797. The summed E-state index contributed by atoms with van der Waals surface area (Å²) in [7, 11) is 2.06. The maximum atomic E-state index is 6.07. The van der Waals surface area contributed by atoms with Gasteiger partial charge >= 0.3 is 0 Å². The van der Waals surface area contributed by atoms with Gasteiger partial charge in [-0.25, -0.2) is 0 Å². The lowest BCUT2D eigenvalue weighted by Gasteiger charge is -2.24. The van der Waals surface area contributed by atoms with E-state index in [1.165, 1.54) is 36.8 Å². The molecule has 1 nitrogen and oxygen atoms in total. The number of hydrogen-bond acceptors (Lipinski definition) is 1. The first kappa shape index (κ1) is 11.9. The van der Waals surface area contributed by atoms with Crippen molar-refractivity contribution in [3.05, 3.63) is 34.3 Å². The Morgan fingerprint density at radius 2 is 2.00 bits per heavy atom. The van der Waals surface area contributed by atoms with Crippen LogP contribution in [0.3, 0.4) is 0 Å². The summed E-state index contributed by atoms with van der Waals surface area (Å²) >= 11 is 6.07. The molecule has 1 aliphatic carbocycles. The average molecular weight is 238 g/mol. The number of hydrogen-bond donors (Lipinski definition) is 1. The van der Waals surface area contributed by atoms with Crippen LogP contribution in [-0.4, -0.2) is 7.05 Å². The highest BCUT2D eigenvalue weighted by atomic mass is 35.5. The minimum atomic E-state index is 0.499. The van der Waals surface area contributed by atoms with Gasteiger partial charge in [-0.2, -0.15) is 0 Å². The third-order valence-electron chi connectivity index (χ3n) is 3.72. The van der Waals surface area contributed by atoms with E-state index < -0.39 is 0 Å². The van der Waals surface area contributed by atoms with Gasteiger partial charge in [0.05, 0.1) is 0 Å². The first-order valence-electron chi connectivity index (χ1n) is 6.15. The van der Waals surface area contributed by atoms with Gasteiger partial charge in [0, 0.05) is 11.1 Å². The molecule has 16 heavy (non-hydrogen) atoms. The summed E-state index contributed by atoms with van der Waals surface area (Å²) in [6.07, 6.45) is 5.48. The van der Waals surface area contributed by atoms with Gasteiger partial charge in [-0.15, -0.1) is 0 Å². The largest absolute Gasteiger partial charge is 0.313 e. The van der Waals surface area contributed by atoms with Crippen LogP contribution >= 0.6 is 11.6 Å². The molecule has 2 heteroatoms. The van der Waals surface area contributed by atoms with E-state index >= 15 is 0 Å². The van der Waals surface area contributed by atoms with Gasteiger partial charge in [0.2, 0.25) is 0 Å². The van der Waals surface area contributed by atoms with Crippen LogP contribution in [-0.2, 0) is 0 Å². The fourth-order valence-corrected chi connectivity index (χ4v) is 2.94. The van der Waals surface area contributed by atoms with Crippen molar-refractivity contribution in [1.29, 1.82) is 0 Å². The molecule has 0 heterocycles. The van der Waals surface area contributed by atoms with E-state index in [0.717, 1.165) is 10.9 Å². The van der Waals surface area contributed by atoms with Crippen LogP contribution in [0.15, 0.2) is 18.2 Å². The van der Waals surface area contributed by atoms with E-state index in [0.29, 0.717) is 6.04 Å². The van der Waals surface area contributed by atoms with Crippen LogP contribution in [0.1, 0.15) is 42.9 Å². The van der Waals surface area contributed by atoms with E-state index in [9.17, 15) is 0 Å². The van der Waals surface area contributed by atoms with Gasteiger partial charge in [-0.3, -0.25) is 0 Å². The van der Waals surface area contributed by atoms with Crippen molar-refractivity contribution in [2.24, 2.45) is 5.92 Å². The van der Waals surface area contributed by atoms with Crippen LogP contribution in [0.2, 0.25) is 5.02 Å². The van der Waals surface area contributed by atoms with Gasteiger partial charge in [0.15, 0.2) is 0 Å². The molecule has 0 saturated heterocycles. The molecule has 2 rings (SSSR count). The zero-order valence-electron chi connectivity index (χ0n) is 10.1. The Kier molecular flexibility index (Phi) is 3.88. The molecule has 1 unspecified atom stereocenters. The first-order chi connectivity index (χ1) is 7.72. The molecule has 0 amide bonds. The zero-order valence-corrected chi connectivity index (χ0v) is 10.8. The predicted molar refractivity (Wildman–Crippen MR) is 69.9 cm³/mol. The van der Waals surface area contributed by atoms with Crippen molar-refractivity contribution >= 4 is 11.6 Å². The molecule has 88 valence electrons. The van der Waals surface area contributed by atoms with Crippen molar-refractivity contribution in [3.8, 4) is 0 Å². The molecule has 0 aromatic heterocycles. The third kappa shape index (κ3) is 2.41. The molecule has 1 fully saturated rings. The maximum absolute atomic E-state index is 6.07. The standard InChI is InChI=1S/C14H20ClN/c1-10-9-12(7-8-13(10)15)14(16-2)11-5-3-4-6-11/h7-9,11,14,16H,3-6H2,1-2H3. The lowest BCUT2D eigenvalue weighted by Crippen LogP contribution is -2.23. The molecule has 0 bridgehead atoms. The SMILES string of the molecule is CNC(c1ccc(Cl)c(C)c1)C1CCCC1.